The molecule has 1 rings (SSSR count). The van der Waals surface area contributed by atoms with Crippen LogP contribution in [0.5, 0.6) is 0 Å². The average Bonchev–Trinajstić information content (AvgIpc) is 2.16. The zero-order valence-corrected chi connectivity index (χ0v) is 11.9. The van der Waals surface area contributed by atoms with Gasteiger partial charge in [-0.2, -0.15) is 23.5 Å². The van der Waals surface area contributed by atoms with E-state index in [-0.39, 0.29) is 11.6 Å². The minimum Gasteiger partial charge on any atom is -0.459 e. The lowest BCUT2D eigenvalue weighted by Gasteiger charge is -2.22. The maximum atomic E-state index is 11.4. The molecule has 1 fully saturated rings. The summed E-state index contributed by atoms with van der Waals surface area (Å²) in [6.07, 6.45) is 0. The van der Waals surface area contributed by atoms with Gasteiger partial charge in [-0.05, 0) is 20.8 Å². The van der Waals surface area contributed by atoms with Crippen LogP contribution in [0.25, 0.3) is 0 Å². The van der Waals surface area contributed by atoms with Crippen molar-refractivity contribution < 1.29 is 9.53 Å². The van der Waals surface area contributed by atoms with Gasteiger partial charge in [-0.3, -0.25) is 4.79 Å². The highest BCUT2D eigenvalue weighted by Gasteiger charge is 2.17. The van der Waals surface area contributed by atoms with Crippen LogP contribution >= 0.6 is 23.5 Å². The second-order valence-corrected chi connectivity index (χ2v) is 7.34. The SMILES string of the molecule is CC(C)(C)OC(=O)CNCC1CSCCS1. The Labute approximate surface area is 106 Å². The number of hydrogen-bond acceptors (Lipinski definition) is 5. The Morgan fingerprint density at radius 1 is 1.44 bits per heavy atom. The predicted molar refractivity (Wildman–Crippen MR) is 72.3 cm³/mol. The summed E-state index contributed by atoms with van der Waals surface area (Å²) < 4.78 is 5.21. The van der Waals surface area contributed by atoms with E-state index in [0.717, 1.165) is 6.54 Å². The fourth-order valence-corrected chi connectivity index (χ4v) is 4.01. The molecule has 0 aromatic heterocycles. The summed E-state index contributed by atoms with van der Waals surface area (Å²) in [5.41, 5.74) is -0.381. The number of carbonyl (C=O) groups is 1. The summed E-state index contributed by atoms with van der Waals surface area (Å²) in [5.74, 6) is 3.50. The number of hydrogen-bond donors (Lipinski definition) is 1. The Morgan fingerprint density at radius 3 is 2.75 bits per heavy atom. The van der Waals surface area contributed by atoms with Gasteiger partial charge in [-0.15, -0.1) is 0 Å². The van der Waals surface area contributed by atoms with Gasteiger partial charge in [0.15, 0.2) is 0 Å². The molecule has 1 saturated heterocycles. The van der Waals surface area contributed by atoms with E-state index >= 15 is 0 Å². The van der Waals surface area contributed by atoms with Crippen molar-refractivity contribution in [2.45, 2.75) is 31.6 Å². The smallest absolute Gasteiger partial charge is 0.320 e. The molecular weight excluding hydrogens is 242 g/mol. The molecule has 0 spiro atoms. The van der Waals surface area contributed by atoms with Gasteiger partial charge in [0.2, 0.25) is 0 Å². The highest BCUT2D eigenvalue weighted by molar-refractivity contribution is 8.06. The van der Waals surface area contributed by atoms with Crippen molar-refractivity contribution in [1.82, 2.24) is 5.32 Å². The molecular formula is C11H21NO2S2. The Kier molecular flexibility index (Phi) is 6.00. The number of esters is 1. The van der Waals surface area contributed by atoms with Gasteiger partial charge in [0.1, 0.15) is 5.60 Å². The van der Waals surface area contributed by atoms with Gasteiger partial charge in [0.25, 0.3) is 0 Å². The van der Waals surface area contributed by atoms with Crippen LogP contribution in [-0.2, 0) is 9.53 Å². The molecule has 0 bridgehead atoms. The van der Waals surface area contributed by atoms with E-state index in [1.165, 1.54) is 17.3 Å². The minimum atomic E-state index is -0.381. The zero-order chi connectivity index (χ0) is 12.0. The second-order valence-electron chi connectivity index (χ2n) is 4.79. The van der Waals surface area contributed by atoms with Crippen LogP contribution in [0.15, 0.2) is 0 Å². The van der Waals surface area contributed by atoms with Crippen LogP contribution in [0.2, 0.25) is 0 Å². The number of rotatable bonds is 4. The maximum absolute atomic E-state index is 11.4. The van der Waals surface area contributed by atoms with Gasteiger partial charge < -0.3 is 10.1 Å². The topological polar surface area (TPSA) is 38.3 Å². The Hall–Kier alpha value is 0.130. The Balaban J connectivity index is 2.08. The van der Waals surface area contributed by atoms with Gasteiger partial charge in [-0.25, -0.2) is 0 Å². The third-order valence-corrected chi connectivity index (χ3v) is 4.79. The van der Waals surface area contributed by atoms with E-state index in [1.54, 1.807) is 0 Å². The van der Waals surface area contributed by atoms with Gasteiger partial charge in [0, 0.05) is 29.1 Å². The van der Waals surface area contributed by atoms with Crippen molar-refractivity contribution in [3.05, 3.63) is 0 Å². The molecule has 94 valence electrons. The van der Waals surface area contributed by atoms with Crippen molar-refractivity contribution in [2.75, 3.05) is 30.3 Å². The first-order valence-corrected chi connectivity index (χ1v) is 7.79. The van der Waals surface area contributed by atoms with E-state index in [0.29, 0.717) is 11.8 Å². The zero-order valence-electron chi connectivity index (χ0n) is 10.2. The Morgan fingerprint density at radius 2 is 2.19 bits per heavy atom. The normalized spacial score (nSPS) is 21.8. The lowest BCUT2D eigenvalue weighted by Crippen LogP contribution is -2.35. The number of ether oxygens (including phenoxy) is 1. The third kappa shape index (κ3) is 6.66. The lowest BCUT2D eigenvalue weighted by molar-refractivity contribution is -0.153. The maximum Gasteiger partial charge on any atom is 0.320 e. The molecule has 1 N–H and O–H groups in total. The van der Waals surface area contributed by atoms with Crippen molar-refractivity contribution in [3.63, 3.8) is 0 Å². The van der Waals surface area contributed by atoms with Crippen LogP contribution in [-0.4, -0.2) is 47.2 Å². The predicted octanol–water partition coefficient (Wildman–Crippen LogP) is 1.77. The molecule has 0 amide bonds. The monoisotopic (exact) mass is 263 g/mol. The number of carbonyl (C=O) groups excluding carboxylic acids is 1. The van der Waals surface area contributed by atoms with E-state index in [9.17, 15) is 4.79 Å². The summed E-state index contributed by atoms with van der Waals surface area (Å²) in [6, 6.07) is 0. The molecule has 0 saturated carbocycles. The standard InChI is InChI=1S/C11H21NO2S2/c1-11(2,3)14-10(13)7-12-6-9-8-15-4-5-16-9/h9,12H,4-8H2,1-3H3. The minimum absolute atomic E-state index is 0.166. The second kappa shape index (κ2) is 6.77. The number of nitrogens with one attached hydrogen (secondary N) is 1. The van der Waals surface area contributed by atoms with Gasteiger partial charge in [0.05, 0.1) is 6.54 Å². The first-order valence-electron chi connectivity index (χ1n) is 5.59. The Bertz CT molecular complexity index is 223. The van der Waals surface area contributed by atoms with E-state index in [2.05, 4.69) is 5.32 Å². The van der Waals surface area contributed by atoms with Crippen molar-refractivity contribution in [3.8, 4) is 0 Å². The van der Waals surface area contributed by atoms with Crippen molar-refractivity contribution in [2.24, 2.45) is 0 Å². The van der Waals surface area contributed by atoms with Gasteiger partial charge >= 0.3 is 5.97 Å². The third-order valence-electron chi connectivity index (χ3n) is 1.95. The summed E-state index contributed by atoms with van der Waals surface area (Å²) >= 11 is 3.99. The highest BCUT2D eigenvalue weighted by atomic mass is 32.2. The summed E-state index contributed by atoms with van der Waals surface area (Å²) in [6.45, 7) is 6.88. The van der Waals surface area contributed by atoms with Crippen LogP contribution < -0.4 is 5.32 Å². The summed E-state index contributed by atoms with van der Waals surface area (Å²) in [4.78, 5) is 11.4. The highest BCUT2D eigenvalue weighted by Crippen LogP contribution is 2.23. The molecule has 5 heteroatoms. The number of thioether (sulfide) groups is 2. The van der Waals surface area contributed by atoms with E-state index < -0.39 is 0 Å². The molecule has 1 atom stereocenters. The molecule has 1 aliphatic rings. The van der Waals surface area contributed by atoms with E-state index in [1.807, 2.05) is 44.3 Å². The van der Waals surface area contributed by atoms with Gasteiger partial charge in [-0.1, -0.05) is 0 Å². The van der Waals surface area contributed by atoms with Crippen molar-refractivity contribution >= 4 is 29.5 Å². The molecule has 0 radical (unpaired) electrons. The molecule has 3 nitrogen and oxygen atoms in total. The molecule has 0 aliphatic carbocycles. The molecule has 1 heterocycles. The summed E-state index contributed by atoms with van der Waals surface area (Å²) in [7, 11) is 0. The fourth-order valence-electron chi connectivity index (χ4n) is 1.37. The van der Waals surface area contributed by atoms with Crippen LogP contribution in [0, 0.1) is 0 Å². The molecule has 16 heavy (non-hydrogen) atoms. The first kappa shape index (κ1) is 14.2. The summed E-state index contributed by atoms with van der Waals surface area (Å²) in [5, 5.41) is 3.81. The molecule has 0 aromatic carbocycles. The average molecular weight is 263 g/mol. The lowest BCUT2D eigenvalue weighted by atomic mass is 10.2. The quantitative estimate of drug-likeness (QED) is 0.783. The molecule has 1 aliphatic heterocycles. The molecule has 0 aromatic rings. The van der Waals surface area contributed by atoms with Crippen LogP contribution in [0.3, 0.4) is 0 Å². The van der Waals surface area contributed by atoms with Crippen LogP contribution in [0.4, 0.5) is 0 Å². The van der Waals surface area contributed by atoms with E-state index in [4.69, 9.17) is 4.74 Å². The first-order chi connectivity index (χ1) is 7.47. The fraction of sp³-hybridized carbons (Fsp3) is 0.909. The largest absolute Gasteiger partial charge is 0.459 e. The van der Waals surface area contributed by atoms with Crippen molar-refractivity contribution in [1.29, 1.82) is 0 Å². The molecule has 1 unspecified atom stereocenters. The van der Waals surface area contributed by atoms with Crippen LogP contribution in [0.1, 0.15) is 20.8 Å².